The molecule has 4 rings (SSSR count). The van der Waals surface area contributed by atoms with E-state index in [2.05, 4.69) is 34.0 Å². The Hall–Kier alpha value is -0.960. The number of benzene rings is 1. The first-order chi connectivity index (χ1) is 12.8. The summed E-state index contributed by atoms with van der Waals surface area (Å²) in [4.78, 5) is 0. The molecule has 8 heteroatoms. The standard InChI is InChI=1S/C19H25BrN2O4S/c1-12-9-16-15(11-21-22(16)17-5-3-4-7-25-17)19(20)18(12)14-10-13(14)6-8-26-27(2,23)24/h9,11,13-14,17H,3-8,10H2,1-2H3/t13-,14+,17?/m0/s1. The fraction of sp³-hybridized carbons (Fsp3) is 0.632. The minimum absolute atomic E-state index is 0.0233. The highest BCUT2D eigenvalue weighted by Crippen LogP contribution is 2.53. The molecule has 0 spiro atoms. The summed E-state index contributed by atoms with van der Waals surface area (Å²) in [6, 6.07) is 2.21. The van der Waals surface area contributed by atoms with E-state index >= 15 is 0 Å². The lowest BCUT2D eigenvalue weighted by atomic mass is 10.00. The van der Waals surface area contributed by atoms with Gasteiger partial charge in [-0.2, -0.15) is 13.5 Å². The Kier molecular flexibility index (Phi) is 5.35. The summed E-state index contributed by atoms with van der Waals surface area (Å²) in [6.45, 7) is 3.19. The summed E-state index contributed by atoms with van der Waals surface area (Å²) in [5, 5.41) is 5.73. The molecule has 1 aliphatic carbocycles. The third-order valence-corrected chi connectivity index (χ3v) is 7.04. The summed E-state index contributed by atoms with van der Waals surface area (Å²) in [6.07, 6.45) is 8.16. The molecular formula is C19H25BrN2O4S. The van der Waals surface area contributed by atoms with Gasteiger partial charge in [0.05, 0.1) is 24.6 Å². The van der Waals surface area contributed by atoms with Crippen molar-refractivity contribution in [2.75, 3.05) is 19.5 Å². The maximum Gasteiger partial charge on any atom is 0.264 e. The van der Waals surface area contributed by atoms with Gasteiger partial charge >= 0.3 is 0 Å². The molecule has 3 atom stereocenters. The molecule has 1 aliphatic heterocycles. The molecule has 0 radical (unpaired) electrons. The Morgan fingerprint density at radius 3 is 2.93 bits per heavy atom. The number of rotatable bonds is 6. The number of halogens is 1. The Bertz CT molecular complexity index is 950. The van der Waals surface area contributed by atoms with Crippen molar-refractivity contribution < 1.29 is 17.3 Å². The Morgan fingerprint density at radius 2 is 2.22 bits per heavy atom. The first-order valence-electron chi connectivity index (χ1n) is 9.47. The fourth-order valence-corrected chi connectivity index (χ4v) is 5.47. The molecule has 1 unspecified atom stereocenters. The molecule has 2 aliphatic rings. The average molecular weight is 457 g/mol. The van der Waals surface area contributed by atoms with Crippen molar-refractivity contribution in [3.63, 3.8) is 0 Å². The molecule has 0 N–H and O–H groups in total. The van der Waals surface area contributed by atoms with Gasteiger partial charge in [0.25, 0.3) is 10.1 Å². The summed E-state index contributed by atoms with van der Waals surface area (Å²) in [5.74, 6) is 0.914. The Labute approximate surface area is 168 Å². The van der Waals surface area contributed by atoms with Crippen LogP contribution < -0.4 is 0 Å². The van der Waals surface area contributed by atoms with Gasteiger partial charge in [0.15, 0.2) is 6.23 Å². The maximum atomic E-state index is 11.1. The van der Waals surface area contributed by atoms with Gasteiger partial charge < -0.3 is 4.74 Å². The van der Waals surface area contributed by atoms with Gasteiger partial charge in [0, 0.05) is 16.5 Å². The molecule has 0 amide bonds. The Balaban J connectivity index is 1.55. The molecule has 1 saturated heterocycles. The van der Waals surface area contributed by atoms with Crippen LogP contribution in [0.25, 0.3) is 10.9 Å². The Morgan fingerprint density at radius 1 is 1.41 bits per heavy atom. The fourth-order valence-electron chi connectivity index (χ4n) is 4.16. The van der Waals surface area contributed by atoms with Crippen molar-refractivity contribution in [1.29, 1.82) is 0 Å². The van der Waals surface area contributed by atoms with E-state index in [0.717, 1.165) is 53.9 Å². The van der Waals surface area contributed by atoms with Gasteiger partial charge in [-0.3, -0.25) is 4.18 Å². The zero-order valence-electron chi connectivity index (χ0n) is 15.7. The minimum atomic E-state index is -3.36. The van der Waals surface area contributed by atoms with Crippen LogP contribution >= 0.6 is 15.9 Å². The molecule has 0 bridgehead atoms. The van der Waals surface area contributed by atoms with Crippen molar-refractivity contribution in [2.45, 2.75) is 51.2 Å². The maximum absolute atomic E-state index is 11.1. The normalized spacial score (nSPS) is 25.8. The number of hydrogen-bond acceptors (Lipinski definition) is 5. The molecular weight excluding hydrogens is 432 g/mol. The predicted molar refractivity (Wildman–Crippen MR) is 107 cm³/mol. The van der Waals surface area contributed by atoms with Gasteiger partial charge in [0.2, 0.25) is 0 Å². The van der Waals surface area contributed by atoms with Crippen molar-refractivity contribution >= 4 is 37.0 Å². The van der Waals surface area contributed by atoms with E-state index in [0.29, 0.717) is 11.8 Å². The number of hydrogen-bond donors (Lipinski definition) is 0. The zero-order chi connectivity index (χ0) is 19.2. The largest absolute Gasteiger partial charge is 0.356 e. The van der Waals surface area contributed by atoms with Crippen molar-refractivity contribution in [3.05, 3.63) is 27.9 Å². The lowest BCUT2D eigenvalue weighted by Gasteiger charge is -2.23. The van der Waals surface area contributed by atoms with Crippen LogP contribution in [0.2, 0.25) is 0 Å². The lowest BCUT2D eigenvalue weighted by Crippen LogP contribution is -2.19. The first kappa shape index (κ1) is 19.4. The van der Waals surface area contributed by atoms with E-state index in [1.54, 1.807) is 0 Å². The number of aryl methyl sites for hydroxylation is 1. The average Bonchev–Trinajstić information content (AvgIpc) is 3.22. The van der Waals surface area contributed by atoms with Crippen LogP contribution in [0, 0.1) is 12.8 Å². The second kappa shape index (κ2) is 7.46. The smallest absolute Gasteiger partial charge is 0.264 e. The monoisotopic (exact) mass is 456 g/mol. The number of nitrogens with zero attached hydrogens (tertiary/aromatic N) is 2. The van der Waals surface area contributed by atoms with Crippen LogP contribution in [0.1, 0.15) is 55.4 Å². The van der Waals surface area contributed by atoms with E-state index < -0.39 is 10.1 Å². The SMILES string of the molecule is Cc1cc2c(cnn2C2CCCCO2)c(Br)c1[C@@H]1C[C@@H]1CCOS(C)(=O)=O. The van der Waals surface area contributed by atoms with Gasteiger partial charge in [-0.15, -0.1) is 0 Å². The first-order valence-corrected chi connectivity index (χ1v) is 12.1. The third-order valence-electron chi connectivity index (χ3n) is 5.59. The van der Waals surface area contributed by atoms with Crippen LogP contribution in [-0.2, 0) is 19.0 Å². The van der Waals surface area contributed by atoms with Gasteiger partial charge in [0.1, 0.15) is 0 Å². The molecule has 1 saturated carbocycles. The van der Waals surface area contributed by atoms with Crippen LogP contribution in [0.15, 0.2) is 16.7 Å². The van der Waals surface area contributed by atoms with Crippen molar-refractivity contribution in [3.8, 4) is 0 Å². The molecule has 1 aromatic carbocycles. The highest BCUT2D eigenvalue weighted by atomic mass is 79.9. The van der Waals surface area contributed by atoms with Crippen molar-refractivity contribution in [2.24, 2.45) is 5.92 Å². The second-order valence-corrected chi connectivity index (χ2v) is 10.1. The van der Waals surface area contributed by atoms with Gasteiger partial charge in [-0.25, -0.2) is 4.68 Å². The summed E-state index contributed by atoms with van der Waals surface area (Å²) in [7, 11) is -3.36. The zero-order valence-corrected chi connectivity index (χ0v) is 18.1. The van der Waals surface area contributed by atoms with E-state index in [1.807, 2.05) is 10.9 Å². The van der Waals surface area contributed by atoms with E-state index in [4.69, 9.17) is 8.92 Å². The molecule has 2 aromatic rings. The van der Waals surface area contributed by atoms with Crippen LogP contribution in [0.4, 0.5) is 0 Å². The molecule has 6 nitrogen and oxygen atoms in total. The van der Waals surface area contributed by atoms with Gasteiger partial charge in [-0.05, 0) is 84.0 Å². The second-order valence-electron chi connectivity index (χ2n) is 7.68. The highest BCUT2D eigenvalue weighted by molar-refractivity contribution is 9.10. The minimum Gasteiger partial charge on any atom is -0.356 e. The number of aromatic nitrogens is 2. The number of ether oxygens (including phenoxy) is 1. The van der Waals surface area contributed by atoms with E-state index in [9.17, 15) is 8.42 Å². The van der Waals surface area contributed by atoms with Crippen LogP contribution in [0.3, 0.4) is 0 Å². The molecule has 148 valence electrons. The number of fused-ring (bicyclic) bond motifs is 1. The van der Waals surface area contributed by atoms with Crippen LogP contribution in [-0.4, -0.2) is 37.7 Å². The molecule has 1 aromatic heterocycles. The van der Waals surface area contributed by atoms with Gasteiger partial charge in [-0.1, -0.05) is 0 Å². The highest BCUT2D eigenvalue weighted by Gasteiger charge is 2.40. The molecule has 2 heterocycles. The van der Waals surface area contributed by atoms with E-state index in [-0.39, 0.29) is 12.8 Å². The lowest BCUT2D eigenvalue weighted by molar-refractivity contribution is -0.0366. The van der Waals surface area contributed by atoms with Crippen LogP contribution in [0.5, 0.6) is 0 Å². The third kappa shape index (κ3) is 4.09. The van der Waals surface area contributed by atoms with Crippen molar-refractivity contribution in [1.82, 2.24) is 9.78 Å². The quantitative estimate of drug-likeness (QED) is 0.606. The summed E-state index contributed by atoms with van der Waals surface area (Å²) >= 11 is 3.82. The topological polar surface area (TPSA) is 70.4 Å². The summed E-state index contributed by atoms with van der Waals surface area (Å²) < 4.78 is 36.2. The molecule has 27 heavy (non-hydrogen) atoms. The predicted octanol–water partition coefficient (Wildman–Crippen LogP) is 4.28. The van der Waals surface area contributed by atoms with E-state index in [1.165, 1.54) is 17.5 Å². The molecule has 2 fully saturated rings. The summed E-state index contributed by atoms with van der Waals surface area (Å²) in [5.41, 5.74) is 3.66.